The molecule has 0 atom stereocenters. The number of rotatable bonds is 4. The van der Waals surface area contributed by atoms with Crippen LogP contribution < -0.4 is 14.4 Å². The SMILES string of the molecule is O=C(Cn1cnc2ccccc21)N1CCN(c2ccc(-c3ccc4c(c3)OCO4)nn2)CC1. The van der Waals surface area contributed by atoms with E-state index >= 15 is 0 Å². The number of aromatic nitrogens is 4. The van der Waals surface area contributed by atoms with Gasteiger partial charge in [-0.3, -0.25) is 4.79 Å². The van der Waals surface area contributed by atoms with Gasteiger partial charge in [0.1, 0.15) is 6.54 Å². The van der Waals surface area contributed by atoms with E-state index < -0.39 is 0 Å². The molecule has 166 valence electrons. The molecule has 4 aromatic rings. The van der Waals surface area contributed by atoms with E-state index in [1.54, 1.807) is 6.33 Å². The monoisotopic (exact) mass is 442 g/mol. The largest absolute Gasteiger partial charge is 0.454 e. The van der Waals surface area contributed by atoms with Crippen molar-refractivity contribution >= 4 is 22.8 Å². The second-order valence-corrected chi connectivity index (χ2v) is 8.07. The molecule has 1 saturated heterocycles. The van der Waals surface area contributed by atoms with Gasteiger partial charge in [0, 0.05) is 31.7 Å². The Balaban J connectivity index is 1.08. The smallest absolute Gasteiger partial charge is 0.242 e. The van der Waals surface area contributed by atoms with Gasteiger partial charge in [-0.15, -0.1) is 10.2 Å². The Morgan fingerprint density at radius 1 is 0.909 bits per heavy atom. The molecular formula is C24H22N6O3. The van der Waals surface area contributed by atoms with E-state index in [1.807, 2.05) is 64.1 Å². The summed E-state index contributed by atoms with van der Waals surface area (Å²) in [4.78, 5) is 21.3. The molecule has 0 bridgehead atoms. The summed E-state index contributed by atoms with van der Waals surface area (Å²) in [6, 6.07) is 17.5. The van der Waals surface area contributed by atoms with Crippen molar-refractivity contribution in [1.82, 2.24) is 24.6 Å². The van der Waals surface area contributed by atoms with Crippen LogP contribution in [0.15, 0.2) is 60.9 Å². The third-order valence-corrected chi connectivity index (χ3v) is 6.11. The second-order valence-electron chi connectivity index (χ2n) is 8.07. The maximum Gasteiger partial charge on any atom is 0.242 e. The van der Waals surface area contributed by atoms with Crippen molar-refractivity contribution < 1.29 is 14.3 Å². The van der Waals surface area contributed by atoms with Gasteiger partial charge in [0.2, 0.25) is 12.7 Å². The van der Waals surface area contributed by atoms with Gasteiger partial charge in [-0.2, -0.15) is 0 Å². The second kappa shape index (κ2) is 8.09. The number of amides is 1. The first-order valence-electron chi connectivity index (χ1n) is 10.9. The van der Waals surface area contributed by atoms with Crippen molar-refractivity contribution in [3.05, 3.63) is 60.9 Å². The lowest BCUT2D eigenvalue weighted by Gasteiger charge is -2.35. The fraction of sp³-hybridized carbons (Fsp3) is 0.250. The molecule has 0 spiro atoms. The molecule has 0 radical (unpaired) electrons. The molecule has 0 unspecified atom stereocenters. The van der Waals surface area contributed by atoms with Gasteiger partial charge in [0.05, 0.1) is 23.1 Å². The molecule has 0 saturated carbocycles. The van der Waals surface area contributed by atoms with Crippen molar-refractivity contribution in [2.24, 2.45) is 0 Å². The van der Waals surface area contributed by atoms with Crippen LogP contribution in [0.2, 0.25) is 0 Å². The number of hydrogen-bond acceptors (Lipinski definition) is 7. The number of nitrogens with zero attached hydrogens (tertiary/aromatic N) is 6. The Labute approximate surface area is 190 Å². The van der Waals surface area contributed by atoms with E-state index in [-0.39, 0.29) is 12.7 Å². The van der Waals surface area contributed by atoms with Gasteiger partial charge in [-0.25, -0.2) is 4.98 Å². The van der Waals surface area contributed by atoms with E-state index in [4.69, 9.17) is 9.47 Å². The molecule has 1 fully saturated rings. The zero-order chi connectivity index (χ0) is 22.2. The van der Waals surface area contributed by atoms with Crippen molar-refractivity contribution in [2.75, 3.05) is 37.9 Å². The van der Waals surface area contributed by atoms with Gasteiger partial charge in [0.25, 0.3) is 0 Å². The van der Waals surface area contributed by atoms with E-state index in [1.165, 1.54) is 0 Å². The predicted molar refractivity (Wildman–Crippen MR) is 122 cm³/mol. The van der Waals surface area contributed by atoms with Gasteiger partial charge in [0.15, 0.2) is 17.3 Å². The molecule has 33 heavy (non-hydrogen) atoms. The van der Waals surface area contributed by atoms with Crippen LogP contribution in [0.25, 0.3) is 22.3 Å². The van der Waals surface area contributed by atoms with Gasteiger partial charge < -0.3 is 23.8 Å². The van der Waals surface area contributed by atoms with E-state index in [9.17, 15) is 4.79 Å². The molecule has 9 nitrogen and oxygen atoms in total. The predicted octanol–water partition coefficient (Wildman–Crippen LogP) is 2.57. The normalized spacial score (nSPS) is 15.3. The Hall–Kier alpha value is -4.14. The summed E-state index contributed by atoms with van der Waals surface area (Å²) < 4.78 is 12.7. The highest BCUT2D eigenvalue weighted by atomic mass is 16.7. The summed E-state index contributed by atoms with van der Waals surface area (Å²) in [5.41, 5.74) is 3.58. The molecular weight excluding hydrogens is 420 g/mol. The minimum atomic E-state index is 0.0991. The minimum absolute atomic E-state index is 0.0991. The summed E-state index contributed by atoms with van der Waals surface area (Å²) in [7, 11) is 0. The van der Waals surface area contributed by atoms with Crippen LogP contribution >= 0.6 is 0 Å². The highest BCUT2D eigenvalue weighted by Gasteiger charge is 2.23. The first-order valence-corrected chi connectivity index (χ1v) is 10.9. The third kappa shape index (κ3) is 3.71. The van der Waals surface area contributed by atoms with E-state index in [0.717, 1.165) is 39.6 Å². The number of fused-ring (bicyclic) bond motifs is 2. The molecule has 9 heteroatoms. The van der Waals surface area contributed by atoms with Gasteiger partial charge >= 0.3 is 0 Å². The maximum atomic E-state index is 12.8. The average molecular weight is 442 g/mol. The van der Waals surface area contributed by atoms with Gasteiger partial charge in [-0.05, 0) is 42.5 Å². The lowest BCUT2D eigenvalue weighted by molar-refractivity contribution is -0.132. The van der Waals surface area contributed by atoms with Crippen LogP contribution in [0.4, 0.5) is 5.82 Å². The molecule has 4 heterocycles. The Bertz CT molecular complexity index is 1310. The number of hydrogen-bond donors (Lipinski definition) is 0. The van der Waals surface area contributed by atoms with Crippen molar-refractivity contribution in [1.29, 1.82) is 0 Å². The van der Waals surface area contributed by atoms with E-state index in [0.29, 0.717) is 32.7 Å². The number of carbonyl (C=O) groups is 1. The van der Waals surface area contributed by atoms with E-state index in [2.05, 4.69) is 20.1 Å². The summed E-state index contributed by atoms with van der Waals surface area (Å²) in [6.45, 7) is 3.28. The van der Waals surface area contributed by atoms with Crippen LogP contribution in [0, 0.1) is 0 Å². The lowest BCUT2D eigenvalue weighted by Crippen LogP contribution is -2.49. The first-order chi connectivity index (χ1) is 16.2. The molecule has 6 rings (SSSR count). The van der Waals surface area contributed by atoms with Crippen LogP contribution in [-0.2, 0) is 11.3 Å². The highest BCUT2D eigenvalue weighted by Crippen LogP contribution is 2.35. The summed E-state index contributed by atoms with van der Waals surface area (Å²) in [5.74, 6) is 2.38. The number of carbonyl (C=O) groups excluding carboxylic acids is 1. The Morgan fingerprint density at radius 2 is 1.76 bits per heavy atom. The van der Waals surface area contributed by atoms with Crippen molar-refractivity contribution in [2.45, 2.75) is 6.54 Å². The number of ether oxygens (including phenoxy) is 2. The first kappa shape index (κ1) is 19.5. The Kier molecular flexibility index (Phi) is 4.79. The summed E-state index contributed by atoms with van der Waals surface area (Å²) in [5, 5.41) is 8.83. The maximum absolute atomic E-state index is 12.8. The van der Waals surface area contributed by atoms with Crippen molar-refractivity contribution in [3.63, 3.8) is 0 Å². The van der Waals surface area contributed by atoms with Gasteiger partial charge in [-0.1, -0.05) is 12.1 Å². The average Bonchev–Trinajstić information content (AvgIpc) is 3.51. The van der Waals surface area contributed by atoms with Crippen LogP contribution in [0.1, 0.15) is 0 Å². The number of anilines is 1. The molecule has 0 aliphatic carbocycles. The number of para-hydroxylation sites is 2. The van der Waals surface area contributed by atoms with Crippen LogP contribution in [-0.4, -0.2) is 63.5 Å². The quantitative estimate of drug-likeness (QED) is 0.480. The fourth-order valence-electron chi connectivity index (χ4n) is 4.27. The zero-order valence-electron chi connectivity index (χ0n) is 17.9. The standard InChI is InChI=1S/C24H22N6O3/c31-24(14-30-15-25-19-3-1-2-4-20(19)30)29-11-9-28(10-12-29)23-8-6-18(26-27-23)17-5-7-21-22(13-17)33-16-32-21/h1-8,13,15H,9-12,14,16H2. The molecule has 2 aromatic carbocycles. The molecule has 2 aromatic heterocycles. The number of benzene rings is 2. The van der Waals surface area contributed by atoms with Crippen LogP contribution in [0.3, 0.4) is 0 Å². The summed E-state index contributed by atoms with van der Waals surface area (Å²) >= 11 is 0. The number of imidazole rings is 1. The van der Waals surface area contributed by atoms with Crippen molar-refractivity contribution in [3.8, 4) is 22.8 Å². The third-order valence-electron chi connectivity index (χ3n) is 6.11. The zero-order valence-corrected chi connectivity index (χ0v) is 17.9. The molecule has 2 aliphatic heterocycles. The molecule has 2 aliphatic rings. The minimum Gasteiger partial charge on any atom is -0.454 e. The Morgan fingerprint density at radius 3 is 2.61 bits per heavy atom. The molecule has 0 N–H and O–H groups in total. The van der Waals surface area contributed by atoms with Crippen LogP contribution in [0.5, 0.6) is 11.5 Å². The summed E-state index contributed by atoms with van der Waals surface area (Å²) in [6.07, 6.45) is 1.73. The molecule has 1 amide bonds. The topological polar surface area (TPSA) is 85.6 Å². The number of piperazine rings is 1. The highest BCUT2D eigenvalue weighted by molar-refractivity contribution is 5.80. The lowest BCUT2D eigenvalue weighted by atomic mass is 10.1. The fourth-order valence-corrected chi connectivity index (χ4v) is 4.27.